The van der Waals surface area contributed by atoms with Crippen molar-refractivity contribution in [3.63, 3.8) is 0 Å². The molecule has 1 atom stereocenters. The lowest BCUT2D eigenvalue weighted by Crippen LogP contribution is -2.35. The molecule has 0 spiro atoms. The second kappa shape index (κ2) is 8.29. The highest BCUT2D eigenvalue weighted by Gasteiger charge is 2.48. The predicted octanol–water partition coefficient (Wildman–Crippen LogP) is 2.32. The monoisotopic (exact) mass is 473 g/mol. The zero-order valence-corrected chi connectivity index (χ0v) is 19.0. The van der Waals surface area contributed by atoms with Crippen LogP contribution in [0.1, 0.15) is 17.9 Å². The molecule has 1 saturated heterocycles. The van der Waals surface area contributed by atoms with Crippen LogP contribution in [0.3, 0.4) is 0 Å². The molecule has 178 valence electrons. The maximum atomic E-state index is 12.4. The smallest absolute Gasteiger partial charge is 0.262 e. The summed E-state index contributed by atoms with van der Waals surface area (Å²) in [6, 6.07) is 13.0. The van der Waals surface area contributed by atoms with E-state index < -0.39 is 5.60 Å². The molecule has 11 heteroatoms. The molecule has 0 saturated carbocycles. The number of aliphatic hydroxyl groups is 1. The molecule has 35 heavy (non-hydrogen) atoms. The Bertz CT molecular complexity index is 1390. The Balaban J connectivity index is 1.25. The Hall–Kier alpha value is -4.09. The van der Waals surface area contributed by atoms with E-state index in [9.17, 15) is 9.90 Å². The zero-order valence-electron chi connectivity index (χ0n) is 19.0. The molecule has 1 amide bonds. The van der Waals surface area contributed by atoms with Crippen molar-refractivity contribution >= 4 is 17.7 Å². The molecule has 0 aliphatic carbocycles. The highest BCUT2D eigenvalue weighted by Crippen LogP contribution is 2.35. The van der Waals surface area contributed by atoms with Gasteiger partial charge in [0.25, 0.3) is 5.91 Å². The van der Waals surface area contributed by atoms with Crippen LogP contribution in [0.4, 0.5) is 11.8 Å². The van der Waals surface area contributed by atoms with Gasteiger partial charge in [-0.15, -0.1) is 0 Å². The Kier molecular flexibility index (Phi) is 5.08. The molecule has 6 rings (SSSR count). The van der Waals surface area contributed by atoms with Gasteiger partial charge in [-0.25, -0.2) is 9.97 Å². The van der Waals surface area contributed by atoms with E-state index in [0.29, 0.717) is 42.9 Å². The van der Waals surface area contributed by atoms with Gasteiger partial charge in [-0.05, 0) is 12.1 Å². The topological polar surface area (TPSA) is 131 Å². The van der Waals surface area contributed by atoms with E-state index in [-0.39, 0.29) is 18.1 Å². The van der Waals surface area contributed by atoms with E-state index >= 15 is 0 Å². The summed E-state index contributed by atoms with van der Waals surface area (Å²) in [5, 5.41) is 22.6. The number of fused-ring (bicyclic) bond motifs is 1. The highest BCUT2D eigenvalue weighted by molar-refractivity contribution is 5.87. The van der Waals surface area contributed by atoms with Crippen molar-refractivity contribution in [1.82, 2.24) is 29.8 Å². The van der Waals surface area contributed by atoms with Crippen LogP contribution in [0, 0.1) is 0 Å². The van der Waals surface area contributed by atoms with Gasteiger partial charge in [-0.2, -0.15) is 5.10 Å². The molecular weight excluding hydrogens is 450 g/mol. The van der Waals surface area contributed by atoms with E-state index in [1.54, 1.807) is 19.3 Å². The second-order valence-electron chi connectivity index (χ2n) is 8.68. The molecule has 11 nitrogen and oxygen atoms in total. The first kappa shape index (κ1) is 21.4. The van der Waals surface area contributed by atoms with Gasteiger partial charge in [0, 0.05) is 49.5 Å². The minimum absolute atomic E-state index is 0.147. The SMILES string of the molecule is CN1CC[C@@](O)(c2cc(-c3cccc(-c4ccnc(Nc5cc6n(n5)CCOC6)n4)c3)no2)C1=O. The summed E-state index contributed by atoms with van der Waals surface area (Å²) in [6.07, 6.45) is 1.95. The number of nitrogens with one attached hydrogen (secondary N) is 1. The lowest BCUT2D eigenvalue weighted by molar-refractivity contribution is -0.144. The number of anilines is 2. The number of hydrogen-bond acceptors (Lipinski definition) is 9. The number of likely N-dealkylation sites (tertiary alicyclic amines) is 1. The van der Waals surface area contributed by atoms with Gasteiger partial charge < -0.3 is 24.6 Å². The third kappa shape index (κ3) is 3.84. The number of carbonyl (C=O) groups is 1. The average Bonchev–Trinajstić information content (AvgIpc) is 3.60. The molecule has 0 radical (unpaired) electrons. The first-order valence-corrected chi connectivity index (χ1v) is 11.3. The van der Waals surface area contributed by atoms with Crippen molar-refractivity contribution < 1.29 is 19.2 Å². The van der Waals surface area contributed by atoms with Gasteiger partial charge in [0.1, 0.15) is 5.69 Å². The average molecular weight is 473 g/mol. The summed E-state index contributed by atoms with van der Waals surface area (Å²) in [4.78, 5) is 22.8. The molecule has 4 aromatic rings. The van der Waals surface area contributed by atoms with Gasteiger partial charge in [0.15, 0.2) is 11.6 Å². The van der Waals surface area contributed by atoms with Crippen molar-refractivity contribution in [3.8, 4) is 22.5 Å². The van der Waals surface area contributed by atoms with Crippen LogP contribution in [-0.2, 0) is 28.3 Å². The predicted molar refractivity (Wildman–Crippen MR) is 124 cm³/mol. The number of ether oxygens (including phenoxy) is 1. The van der Waals surface area contributed by atoms with Gasteiger partial charge in [0.05, 0.1) is 31.1 Å². The van der Waals surface area contributed by atoms with Crippen LogP contribution in [0.5, 0.6) is 0 Å². The van der Waals surface area contributed by atoms with Crippen LogP contribution < -0.4 is 5.32 Å². The Labute approximate surface area is 200 Å². The van der Waals surface area contributed by atoms with Crippen LogP contribution in [0.15, 0.2) is 53.2 Å². The molecule has 0 unspecified atom stereocenters. The van der Waals surface area contributed by atoms with Crippen molar-refractivity contribution in [2.75, 3.05) is 25.5 Å². The van der Waals surface area contributed by atoms with E-state index in [4.69, 9.17) is 9.26 Å². The zero-order chi connectivity index (χ0) is 24.0. The standard InChI is InChI=1S/C24H23N7O4/c1-30-8-6-24(33,22(30)32)20-13-19(29-35-20)16-4-2-3-15(11-16)18-5-7-25-23(26-18)27-21-12-17-14-34-10-9-31(17)28-21/h2-5,7,11-13,33H,6,8-10,14H2,1H3,(H,25,26,27,28)/t24-/m1/s1. The minimum Gasteiger partial charge on any atom is -0.373 e. The Morgan fingerprint density at radius 1 is 1.11 bits per heavy atom. The first-order chi connectivity index (χ1) is 17.0. The van der Waals surface area contributed by atoms with Gasteiger partial charge in [-0.3, -0.25) is 9.48 Å². The quantitative estimate of drug-likeness (QED) is 0.448. The third-order valence-corrected chi connectivity index (χ3v) is 6.34. The highest BCUT2D eigenvalue weighted by atomic mass is 16.5. The summed E-state index contributed by atoms with van der Waals surface area (Å²) in [5.41, 5.74) is 2.19. The fourth-order valence-corrected chi connectivity index (χ4v) is 4.37. The molecule has 2 aliphatic rings. The summed E-state index contributed by atoms with van der Waals surface area (Å²) in [6.45, 7) is 2.36. The molecule has 1 aromatic carbocycles. The molecule has 5 heterocycles. The summed E-state index contributed by atoms with van der Waals surface area (Å²) in [5.74, 6) is 0.852. The number of likely N-dealkylation sites (N-methyl/N-ethyl adjacent to an activating group) is 1. The normalized spacial score (nSPS) is 19.7. The van der Waals surface area contributed by atoms with Crippen LogP contribution >= 0.6 is 0 Å². The number of hydrogen-bond donors (Lipinski definition) is 2. The van der Waals surface area contributed by atoms with Gasteiger partial charge in [0.2, 0.25) is 11.5 Å². The third-order valence-electron chi connectivity index (χ3n) is 6.34. The number of aromatic nitrogens is 5. The van der Waals surface area contributed by atoms with E-state index in [2.05, 4.69) is 25.5 Å². The second-order valence-corrected chi connectivity index (χ2v) is 8.68. The molecule has 0 bridgehead atoms. The van der Waals surface area contributed by atoms with Crippen LogP contribution in [0.2, 0.25) is 0 Å². The molecular formula is C24H23N7O4. The van der Waals surface area contributed by atoms with E-state index in [0.717, 1.165) is 23.4 Å². The lowest BCUT2D eigenvalue weighted by atomic mass is 9.98. The van der Waals surface area contributed by atoms with Crippen LogP contribution in [-0.4, -0.2) is 61.0 Å². The summed E-state index contributed by atoms with van der Waals surface area (Å²) >= 11 is 0. The fraction of sp³-hybridized carbons (Fsp3) is 0.292. The maximum absolute atomic E-state index is 12.4. The van der Waals surface area contributed by atoms with Crippen molar-refractivity contribution in [2.45, 2.75) is 25.2 Å². The maximum Gasteiger partial charge on any atom is 0.262 e. The van der Waals surface area contributed by atoms with E-state index in [1.807, 2.05) is 41.1 Å². The van der Waals surface area contributed by atoms with Gasteiger partial charge in [-0.1, -0.05) is 23.4 Å². The fourth-order valence-electron chi connectivity index (χ4n) is 4.37. The molecule has 2 N–H and O–H groups in total. The van der Waals surface area contributed by atoms with Crippen molar-refractivity contribution in [1.29, 1.82) is 0 Å². The van der Waals surface area contributed by atoms with Gasteiger partial charge >= 0.3 is 0 Å². The lowest BCUT2D eigenvalue weighted by Gasteiger charge is -2.16. The van der Waals surface area contributed by atoms with Crippen LogP contribution in [0.25, 0.3) is 22.5 Å². The minimum atomic E-state index is -1.68. The molecule has 2 aliphatic heterocycles. The van der Waals surface area contributed by atoms with Crippen molar-refractivity contribution in [2.24, 2.45) is 0 Å². The largest absolute Gasteiger partial charge is 0.373 e. The Morgan fingerprint density at radius 2 is 1.97 bits per heavy atom. The Morgan fingerprint density at radius 3 is 2.77 bits per heavy atom. The molecule has 1 fully saturated rings. The number of benzene rings is 1. The molecule has 3 aromatic heterocycles. The van der Waals surface area contributed by atoms with Crippen molar-refractivity contribution in [3.05, 3.63) is 60.1 Å². The summed E-state index contributed by atoms with van der Waals surface area (Å²) in [7, 11) is 1.65. The number of rotatable bonds is 5. The number of nitrogens with zero attached hydrogens (tertiary/aromatic N) is 6. The summed E-state index contributed by atoms with van der Waals surface area (Å²) < 4.78 is 12.8. The number of amides is 1. The number of carbonyl (C=O) groups excluding carboxylic acids is 1. The van der Waals surface area contributed by atoms with E-state index in [1.165, 1.54) is 4.90 Å². The first-order valence-electron chi connectivity index (χ1n) is 11.3.